The zero-order chi connectivity index (χ0) is 17.1. The third kappa shape index (κ3) is 3.66. The lowest BCUT2D eigenvalue weighted by molar-refractivity contribution is -0.129. The van der Waals surface area contributed by atoms with Gasteiger partial charge in [-0.3, -0.25) is 4.79 Å². The lowest BCUT2D eigenvalue weighted by atomic mass is 10.2. The number of hydrogen-bond acceptors (Lipinski definition) is 6. The standard InChI is InChI=1S/C15H19FN6OS/c1-11-8-21(14(23)9-24-15-19-18-10-20(15)2)5-6-22(11)13-4-3-12(16)7-17-13/h3-4,7,10-11H,5-6,8-9H2,1-2H3. The molecule has 3 heterocycles. The fourth-order valence-electron chi connectivity index (χ4n) is 2.68. The topological polar surface area (TPSA) is 67.2 Å². The summed E-state index contributed by atoms with van der Waals surface area (Å²) < 4.78 is 14.8. The Hall–Kier alpha value is -2.16. The van der Waals surface area contributed by atoms with Crippen LogP contribution in [-0.2, 0) is 11.8 Å². The van der Waals surface area contributed by atoms with Crippen molar-refractivity contribution in [3.05, 3.63) is 30.5 Å². The van der Waals surface area contributed by atoms with Gasteiger partial charge in [-0.05, 0) is 19.1 Å². The lowest BCUT2D eigenvalue weighted by Gasteiger charge is -2.40. The molecule has 1 amide bonds. The molecule has 0 N–H and O–H groups in total. The van der Waals surface area contributed by atoms with Crippen LogP contribution in [0.4, 0.5) is 10.2 Å². The predicted octanol–water partition coefficient (Wildman–Crippen LogP) is 1.18. The monoisotopic (exact) mass is 350 g/mol. The number of aryl methyl sites for hydroxylation is 1. The Bertz CT molecular complexity index is 706. The van der Waals surface area contributed by atoms with Crippen molar-refractivity contribution in [2.75, 3.05) is 30.3 Å². The average Bonchev–Trinajstić information content (AvgIpc) is 2.98. The highest BCUT2D eigenvalue weighted by atomic mass is 32.2. The van der Waals surface area contributed by atoms with Crippen molar-refractivity contribution in [3.8, 4) is 0 Å². The Balaban J connectivity index is 1.55. The van der Waals surface area contributed by atoms with Gasteiger partial charge in [-0.2, -0.15) is 0 Å². The smallest absolute Gasteiger partial charge is 0.233 e. The van der Waals surface area contributed by atoms with E-state index in [9.17, 15) is 9.18 Å². The number of pyridine rings is 1. The molecular formula is C15H19FN6OS. The molecule has 7 nitrogen and oxygen atoms in total. The van der Waals surface area contributed by atoms with E-state index in [1.165, 1.54) is 24.0 Å². The molecule has 0 bridgehead atoms. The summed E-state index contributed by atoms with van der Waals surface area (Å²) in [5.74, 6) is 0.820. The number of aromatic nitrogens is 4. The van der Waals surface area contributed by atoms with Crippen LogP contribution in [-0.4, -0.2) is 62.0 Å². The molecular weight excluding hydrogens is 331 g/mol. The van der Waals surface area contributed by atoms with Gasteiger partial charge in [0.2, 0.25) is 5.91 Å². The fourth-order valence-corrected chi connectivity index (χ4v) is 3.47. The second-order valence-corrected chi connectivity index (χ2v) is 6.67. The van der Waals surface area contributed by atoms with E-state index in [1.54, 1.807) is 17.0 Å². The van der Waals surface area contributed by atoms with E-state index in [-0.39, 0.29) is 17.8 Å². The van der Waals surface area contributed by atoms with Gasteiger partial charge in [-0.15, -0.1) is 10.2 Å². The normalized spacial score (nSPS) is 18.0. The minimum Gasteiger partial charge on any atom is -0.350 e. The molecule has 1 aliphatic rings. The first kappa shape index (κ1) is 16.7. The van der Waals surface area contributed by atoms with Gasteiger partial charge in [0.15, 0.2) is 5.16 Å². The van der Waals surface area contributed by atoms with Crippen molar-refractivity contribution in [1.82, 2.24) is 24.6 Å². The molecule has 1 aliphatic heterocycles. The molecule has 2 aromatic heterocycles. The molecule has 1 unspecified atom stereocenters. The van der Waals surface area contributed by atoms with Gasteiger partial charge in [0.05, 0.1) is 11.9 Å². The third-order valence-electron chi connectivity index (χ3n) is 3.98. The van der Waals surface area contributed by atoms with Gasteiger partial charge in [0.25, 0.3) is 0 Å². The van der Waals surface area contributed by atoms with Gasteiger partial charge in [0, 0.05) is 32.7 Å². The molecule has 0 spiro atoms. The summed E-state index contributed by atoms with van der Waals surface area (Å²) in [5.41, 5.74) is 0. The van der Waals surface area contributed by atoms with Gasteiger partial charge in [0.1, 0.15) is 18.0 Å². The van der Waals surface area contributed by atoms with E-state index >= 15 is 0 Å². The third-order valence-corrected chi connectivity index (χ3v) is 5.00. The lowest BCUT2D eigenvalue weighted by Crippen LogP contribution is -2.54. The van der Waals surface area contributed by atoms with Gasteiger partial charge in [-0.25, -0.2) is 9.37 Å². The van der Waals surface area contributed by atoms with Crippen LogP contribution >= 0.6 is 11.8 Å². The zero-order valence-electron chi connectivity index (χ0n) is 13.6. The summed E-state index contributed by atoms with van der Waals surface area (Å²) in [5, 5.41) is 8.49. The molecule has 0 aromatic carbocycles. The molecule has 24 heavy (non-hydrogen) atoms. The van der Waals surface area contributed by atoms with Gasteiger partial charge < -0.3 is 14.4 Å². The average molecular weight is 350 g/mol. The van der Waals surface area contributed by atoms with Crippen LogP contribution in [0.2, 0.25) is 0 Å². The molecule has 1 atom stereocenters. The number of carbonyl (C=O) groups is 1. The van der Waals surface area contributed by atoms with E-state index in [4.69, 9.17) is 0 Å². The Morgan fingerprint density at radius 1 is 1.42 bits per heavy atom. The second kappa shape index (κ2) is 7.16. The summed E-state index contributed by atoms with van der Waals surface area (Å²) >= 11 is 1.39. The molecule has 128 valence electrons. The van der Waals surface area contributed by atoms with Gasteiger partial charge in [-0.1, -0.05) is 11.8 Å². The van der Waals surface area contributed by atoms with Crippen molar-refractivity contribution in [3.63, 3.8) is 0 Å². The van der Waals surface area contributed by atoms with E-state index < -0.39 is 0 Å². The molecule has 9 heteroatoms. The van der Waals surface area contributed by atoms with Crippen molar-refractivity contribution in [2.45, 2.75) is 18.1 Å². The van der Waals surface area contributed by atoms with Crippen molar-refractivity contribution >= 4 is 23.5 Å². The SMILES string of the molecule is CC1CN(C(=O)CSc2nncn2C)CCN1c1ccc(F)cn1. The molecule has 0 radical (unpaired) electrons. The fraction of sp³-hybridized carbons (Fsp3) is 0.467. The van der Waals surface area contributed by atoms with Crippen LogP contribution in [0.25, 0.3) is 0 Å². The number of nitrogens with zero attached hydrogens (tertiary/aromatic N) is 6. The maximum atomic E-state index is 13.0. The minimum atomic E-state index is -0.346. The molecule has 0 saturated carbocycles. The Morgan fingerprint density at radius 3 is 2.88 bits per heavy atom. The number of halogens is 1. The quantitative estimate of drug-likeness (QED) is 0.772. The van der Waals surface area contributed by atoms with E-state index in [0.29, 0.717) is 25.4 Å². The molecule has 3 rings (SSSR count). The summed E-state index contributed by atoms with van der Waals surface area (Å²) in [6.45, 7) is 3.97. The van der Waals surface area contributed by atoms with Gasteiger partial charge >= 0.3 is 0 Å². The number of carbonyl (C=O) groups excluding carboxylic acids is 1. The Kier molecular flexibility index (Phi) is 4.98. The van der Waals surface area contributed by atoms with Crippen LogP contribution in [0.1, 0.15) is 6.92 Å². The molecule has 2 aromatic rings. The first-order chi connectivity index (χ1) is 11.5. The number of anilines is 1. The molecule has 0 aliphatic carbocycles. The van der Waals surface area contributed by atoms with Crippen molar-refractivity contribution in [1.29, 1.82) is 0 Å². The Morgan fingerprint density at radius 2 is 2.25 bits per heavy atom. The number of thioether (sulfide) groups is 1. The number of piperazine rings is 1. The highest BCUT2D eigenvalue weighted by Crippen LogP contribution is 2.20. The summed E-state index contributed by atoms with van der Waals surface area (Å²) in [4.78, 5) is 20.5. The van der Waals surface area contributed by atoms with Crippen LogP contribution in [0.3, 0.4) is 0 Å². The molecule has 1 saturated heterocycles. The number of hydrogen-bond donors (Lipinski definition) is 0. The highest BCUT2D eigenvalue weighted by Gasteiger charge is 2.27. The highest BCUT2D eigenvalue weighted by molar-refractivity contribution is 7.99. The van der Waals surface area contributed by atoms with Crippen LogP contribution in [0, 0.1) is 5.82 Å². The van der Waals surface area contributed by atoms with Crippen LogP contribution in [0.5, 0.6) is 0 Å². The van der Waals surface area contributed by atoms with Crippen LogP contribution in [0.15, 0.2) is 29.8 Å². The van der Waals surface area contributed by atoms with E-state index in [1.807, 2.05) is 18.9 Å². The molecule has 1 fully saturated rings. The Labute approximate surface area is 143 Å². The zero-order valence-corrected chi connectivity index (χ0v) is 14.4. The van der Waals surface area contributed by atoms with Crippen molar-refractivity contribution in [2.24, 2.45) is 7.05 Å². The van der Waals surface area contributed by atoms with E-state index in [0.717, 1.165) is 11.0 Å². The second-order valence-electron chi connectivity index (χ2n) is 5.73. The predicted molar refractivity (Wildman–Crippen MR) is 89.3 cm³/mol. The first-order valence-corrected chi connectivity index (χ1v) is 8.66. The summed E-state index contributed by atoms with van der Waals surface area (Å²) in [7, 11) is 1.85. The minimum absolute atomic E-state index is 0.0848. The number of amides is 1. The maximum absolute atomic E-state index is 13.0. The summed E-state index contributed by atoms with van der Waals surface area (Å²) in [6, 6.07) is 3.21. The summed E-state index contributed by atoms with van der Waals surface area (Å²) in [6.07, 6.45) is 2.83. The first-order valence-electron chi connectivity index (χ1n) is 7.67. The van der Waals surface area contributed by atoms with Crippen LogP contribution < -0.4 is 4.90 Å². The largest absolute Gasteiger partial charge is 0.350 e. The van der Waals surface area contributed by atoms with E-state index in [2.05, 4.69) is 20.1 Å². The van der Waals surface area contributed by atoms with Crippen molar-refractivity contribution < 1.29 is 9.18 Å². The number of rotatable bonds is 4. The maximum Gasteiger partial charge on any atom is 0.233 e.